The zero-order valence-electron chi connectivity index (χ0n) is 11.3. The molecular formula is C13H17FN2O3S. The van der Waals surface area contributed by atoms with Gasteiger partial charge in [0.2, 0.25) is 10.0 Å². The number of hydrogen-bond acceptors (Lipinski definition) is 3. The molecule has 2 rings (SSSR count). The lowest BCUT2D eigenvalue weighted by Gasteiger charge is -2.26. The quantitative estimate of drug-likeness (QED) is 0.880. The minimum absolute atomic E-state index is 0.0530. The number of carbonyl (C=O) groups excluding carboxylic acids is 1. The average Bonchev–Trinajstić information content (AvgIpc) is 3.10. The molecule has 1 aromatic carbocycles. The summed E-state index contributed by atoms with van der Waals surface area (Å²) < 4.78 is 35.9. The molecule has 1 aliphatic carbocycles. The van der Waals surface area contributed by atoms with Gasteiger partial charge in [-0.3, -0.25) is 4.79 Å². The molecule has 7 heteroatoms. The summed E-state index contributed by atoms with van der Waals surface area (Å²) in [5.41, 5.74) is -0.451. The van der Waals surface area contributed by atoms with Gasteiger partial charge in [-0.25, -0.2) is 17.9 Å². The van der Waals surface area contributed by atoms with E-state index >= 15 is 0 Å². The number of benzene rings is 1. The standard InChI is InChI=1S/C13H17FN2O3S/c1-13(2,9-3-4-9)16-12(17)8-5-10(14)7-11(6-8)20(15,18)19/h5-7,9H,3-4H2,1-2H3,(H,16,17)(H2,15,18,19). The molecule has 1 aliphatic rings. The molecule has 0 spiro atoms. The van der Waals surface area contributed by atoms with Gasteiger partial charge in [-0.05, 0) is 50.8 Å². The van der Waals surface area contributed by atoms with Crippen LogP contribution in [0.2, 0.25) is 0 Å². The van der Waals surface area contributed by atoms with Gasteiger partial charge >= 0.3 is 0 Å². The van der Waals surface area contributed by atoms with Crippen LogP contribution in [-0.4, -0.2) is 19.9 Å². The van der Waals surface area contributed by atoms with Gasteiger partial charge in [-0.15, -0.1) is 0 Å². The maximum atomic E-state index is 13.4. The van der Waals surface area contributed by atoms with Crippen molar-refractivity contribution >= 4 is 15.9 Å². The maximum Gasteiger partial charge on any atom is 0.251 e. The summed E-state index contributed by atoms with van der Waals surface area (Å²) in [5.74, 6) is -0.921. The molecule has 0 bridgehead atoms. The van der Waals surface area contributed by atoms with Gasteiger partial charge in [-0.1, -0.05) is 0 Å². The summed E-state index contributed by atoms with van der Waals surface area (Å²) in [5, 5.41) is 7.75. The molecule has 0 radical (unpaired) electrons. The number of primary sulfonamides is 1. The van der Waals surface area contributed by atoms with Gasteiger partial charge in [-0.2, -0.15) is 0 Å². The van der Waals surface area contributed by atoms with Gasteiger partial charge < -0.3 is 5.32 Å². The summed E-state index contributed by atoms with van der Waals surface area (Å²) in [4.78, 5) is 11.7. The number of amides is 1. The fourth-order valence-corrected chi connectivity index (χ4v) is 2.70. The third kappa shape index (κ3) is 3.34. The van der Waals surface area contributed by atoms with Crippen LogP contribution < -0.4 is 10.5 Å². The van der Waals surface area contributed by atoms with Gasteiger partial charge in [0.05, 0.1) is 4.90 Å². The largest absolute Gasteiger partial charge is 0.347 e. The first kappa shape index (κ1) is 14.9. The van der Waals surface area contributed by atoms with E-state index in [4.69, 9.17) is 5.14 Å². The second-order valence-corrected chi connectivity index (χ2v) is 7.23. The lowest BCUT2D eigenvalue weighted by Crippen LogP contribution is -2.45. The highest BCUT2D eigenvalue weighted by molar-refractivity contribution is 7.89. The third-order valence-electron chi connectivity index (χ3n) is 3.50. The van der Waals surface area contributed by atoms with Crippen LogP contribution in [0.4, 0.5) is 4.39 Å². The number of halogens is 1. The number of hydrogen-bond donors (Lipinski definition) is 2. The second-order valence-electron chi connectivity index (χ2n) is 5.67. The Bertz CT molecular complexity index is 652. The lowest BCUT2D eigenvalue weighted by molar-refractivity contribution is 0.0902. The molecule has 1 fully saturated rings. The summed E-state index contributed by atoms with van der Waals surface area (Å²) in [7, 11) is -4.05. The van der Waals surface area contributed by atoms with E-state index in [1.807, 2.05) is 13.8 Å². The Morgan fingerprint density at radius 1 is 1.35 bits per heavy atom. The molecule has 1 aromatic rings. The van der Waals surface area contributed by atoms with Gasteiger partial charge in [0, 0.05) is 11.1 Å². The van der Waals surface area contributed by atoms with Crippen molar-refractivity contribution in [3.05, 3.63) is 29.6 Å². The Hall–Kier alpha value is -1.47. The molecular weight excluding hydrogens is 283 g/mol. The number of nitrogens with one attached hydrogen (secondary N) is 1. The van der Waals surface area contributed by atoms with E-state index in [1.165, 1.54) is 0 Å². The SMILES string of the molecule is CC(C)(NC(=O)c1cc(F)cc(S(N)(=O)=O)c1)C1CC1. The molecule has 0 atom stereocenters. The van der Waals surface area contributed by atoms with Crippen molar-refractivity contribution in [2.24, 2.45) is 11.1 Å². The van der Waals surface area contributed by atoms with Crippen LogP contribution in [-0.2, 0) is 10.0 Å². The third-order valence-corrected chi connectivity index (χ3v) is 4.39. The molecule has 5 nitrogen and oxygen atoms in total. The van der Waals surface area contributed by atoms with Crippen LogP contribution in [0.25, 0.3) is 0 Å². The fourth-order valence-electron chi connectivity index (χ4n) is 2.13. The van der Waals surface area contributed by atoms with Crippen molar-refractivity contribution in [3.8, 4) is 0 Å². The molecule has 0 heterocycles. The number of carbonyl (C=O) groups is 1. The Morgan fingerprint density at radius 2 is 1.95 bits per heavy atom. The Kier molecular flexibility index (Phi) is 3.60. The van der Waals surface area contributed by atoms with Crippen molar-refractivity contribution in [1.29, 1.82) is 0 Å². The highest BCUT2D eigenvalue weighted by Gasteiger charge is 2.38. The van der Waals surface area contributed by atoms with Crippen LogP contribution in [0.3, 0.4) is 0 Å². The molecule has 0 unspecified atom stereocenters. The first-order chi connectivity index (χ1) is 9.09. The Labute approximate surface area is 117 Å². The van der Waals surface area contributed by atoms with E-state index in [9.17, 15) is 17.6 Å². The van der Waals surface area contributed by atoms with E-state index < -0.39 is 32.2 Å². The predicted molar refractivity (Wildman–Crippen MR) is 72.0 cm³/mol. The van der Waals surface area contributed by atoms with Crippen molar-refractivity contribution in [1.82, 2.24) is 5.32 Å². The van der Waals surface area contributed by atoms with Crippen LogP contribution in [0.5, 0.6) is 0 Å². The smallest absolute Gasteiger partial charge is 0.251 e. The summed E-state index contributed by atoms with van der Waals surface area (Å²) in [6.45, 7) is 3.78. The maximum absolute atomic E-state index is 13.4. The normalized spacial score (nSPS) is 16.0. The number of nitrogens with two attached hydrogens (primary N) is 1. The summed E-state index contributed by atoms with van der Waals surface area (Å²) in [6.07, 6.45) is 2.08. The van der Waals surface area contributed by atoms with Gasteiger partial charge in [0.15, 0.2) is 0 Å². The minimum Gasteiger partial charge on any atom is -0.347 e. The number of rotatable bonds is 4. The van der Waals surface area contributed by atoms with Crippen LogP contribution in [0, 0.1) is 11.7 Å². The first-order valence-electron chi connectivity index (χ1n) is 6.25. The summed E-state index contributed by atoms with van der Waals surface area (Å²) in [6, 6.07) is 2.86. The fraction of sp³-hybridized carbons (Fsp3) is 0.462. The average molecular weight is 300 g/mol. The zero-order chi connectivity index (χ0) is 15.1. The lowest BCUT2D eigenvalue weighted by atomic mass is 9.98. The van der Waals surface area contributed by atoms with E-state index in [0.717, 1.165) is 31.0 Å². The van der Waals surface area contributed by atoms with E-state index in [-0.39, 0.29) is 5.56 Å². The highest BCUT2D eigenvalue weighted by atomic mass is 32.2. The van der Waals surface area contributed by atoms with Crippen molar-refractivity contribution < 1.29 is 17.6 Å². The Balaban J connectivity index is 2.28. The van der Waals surface area contributed by atoms with Gasteiger partial charge in [0.25, 0.3) is 5.91 Å². The summed E-state index contributed by atoms with van der Waals surface area (Å²) >= 11 is 0. The number of sulfonamides is 1. The van der Waals surface area contributed by atoms with Crippen molar-refractivity contribution in [2.75, 3.05) is 0 Å². The molecule has 1 saturated carbocycles. The molecule has 3 N–H and O–H groups in total. The molecule has 0 saturated heterocycles. The topological polar surface area (TPSA) is 89.3 Å². The zero-order valence-corrected chi connectivity index (χ0v) is 12.1. The van der Waals surface area contributed by atoms with Crippen molar-refractivity contribution in [2.45, 2.75) is 37.1 Å². The van der Waals surface area contributed by atoms with E-state index in [2.05, 4.69) is 5.32 Å². The highest BCUT2D eigenvalue weighted by Crippen LogP contribution is 2.39. The van der Waals surface area contributed by atoms with Crippen LogP contribution in [0.15, 0.2) is 23.1 Å². The molecule has 0 aliphatic heterocycles. The van der Waals surface area contributed by atoms with Crippen LogP contribution >= 0.6 is 0 Å². The van der Waals surface area contributed by atoms with Crippen molar-refractivity contribution in [3.63, 3.8) is 0 Å². The second kappa shape index (κ2) is 4.82. The van der Waals surface area contributed by atoms with Crippen LogP contribution in [0.1, 0.15) is 37.0 Å². The molecule has 0 aromatic heterocycles. The monoisotopic (exact) mass is 300 g/mol. The molecule has 20 heavy (non-hydrogen) atoms. The van der Waals surface area contributed by atoms with Gasteiger partial charge in [0.1, 0.15) is 5.82 Å². The first-order valence-corrected chi connectivity index (χ1v) is 7.80. The molecule has 1 amide bonds. The Morgan fingerprint density at radius 3 is 2.45 bits per heavy atom. The van der Waals surface area contributed by atoms with E-state index in [0.29, 0.717) is 5.92 Å². The molecule has 110 valence electrons. The predicted octanol–water partition coefficient (Wildman–Crippen LogP) is 1.39. The van der Waals surface area contributed by atoms with E-state index in [1.54, 1.807) is 0 Å². The minimum atomic E-state index is -4.05.